The van der Waals surface area contributed by atoms with Crippen LogP contribution >= 0.6 is 0 Å². The summed E-state index contributed by atoms with van der Waals surface area (Å²) in [5.74, 6) is 1.55. The van der Waals surface area contributed by atoms with Gasteiger partial charge in [0.1, 0.15) is 11.6 Å². The van der Waals surface area contributed by atoms with E-state index in [9.17, 15) is 4.39 Å². The largest absolute Gasteiger partial charge is 0.496 e. The van der Waals surface area contributed by atoms with Crippen LogP contribution in [0.4, 0.5) is 4.39 Å². The van der Waals surface area contributed by atoms with Crippen molar-refractivity contribution in [1.82, 2.24) is 0 Å². The van der Waals surface area contributed by atoms with Gasteiger partial charge in [0.2, 0.25) is 0 Å². The first-order valence-corrected chi connectivity index (χ1v) is 5.22. The first kappa shape index (κ1) is 10.4. The summed E-state index contributed by atoms with van der Waals surface area (Å²) in [5, 5.41) is 0. The molecule has 0 spiro atoms. The van der Waals surface area contributed by atoms with E-state index in [2.05, 4.69) is 6.92 Å². The molecular formula is C12H16FNO. The number of hydrogen-bond donors (Lipinski definition) is 1. The number of halogens is 1. The van der Waals surface area contributed by atoms with Crippen LogP contribution in [0.2, 0.25) is 0 Å². The van der Waals surface area contributed by atoms with E-state index in [1.54, 1.807) is 13.2 Å². The van der Waals surface area contributed by atoms with Gasteiger partial charge in [-0.15, -0.1) is 0 Å². The maximum Gasteiger partial charge on any atom is 0.123 e. The van der Waals surface area contributed by atoms with Gasteiger partial charge >= 0.3 is 0 Å². The number of benzene rings is 1. The molecule has 0 aliphatic heterocycles. The Kier molecular flexibility index (Phi) is 2.65. The molecule has 0 heterocycles. The van der Waals surface area contributed by atoms with E-state index in [0.717, 1.165) is 12.0 Å². The third-order valence-electron chi connectivity index (χ3n) is 3.18. The Hall–Kier alpha value is -1.09. The summed E-state index contributed by atoms with van der Waals surface area (Å²) in [4.78, 5) is 0. The van der Waals surface area contributed by atoms with Crippen LogP contribution in [0.25, 0.3) is 0 Å². The maximum absolute atomic E-state index is 13.1. The molecule has 2 N–H and O–H groups in total. The topological polar surface area (TPSA) is 35.2 Å². The Morgan fingerprint density at radius 3 is 2.73 bits per heavy atom. The molecule has 1 aliphatic carbocycles. The quantitative estimate of drug-likeness (QED) is 0.830. The third kappa shape index (κ3) is 1.97. The molecule has 1 aromatic rings. The van der Waals surface area contributed by atoms with Crippen molar-refractivity contribution in [3.8, 4) is 5.75 Å². The standard InChI is InChI=1S/C12H16FNO/c1-7-5-9(7)12(14)10-6-8(13)3-4-11(10)15-2/h3-4,6-7,9,12H,5,14H2,1-2H3. The van der Waals surface area contributed by atoms with E-state index >= 15 is 0 Å². The van der Waals surface area contributed by atoms with Gasteiger partial charge in [-0.05, 0) is 36.5 Å². The third-order valence-corrected chi connectivity index (χ3v) is 3.18. The molecule has 3 unspecified atom stereocenters. The average Bonchev–Trinajstić information content (AvgIpc) is 2.94. The summed E-state index contributed by atoms with van der Waals surface area (Å²) < 4.78 is 18.3. The molecule has 3 heteroatoms. The lowest BCUT2D eigenvalue weighted by atomic mass is 10.0. The Balaban J connectivity index is 2.28. The van der Waals surface area contributed by atoms with Crippen molar-refractivity contribution < 1.29 is 9.13 Å². The molecule has 0 bridgehead atoms. The monoisotopic (exact) mass is 209 g/mol. The van der Waals surface area contributed by atoms with Crippen molar-refractivity contribution in [2.75, 3.05) is 7.11 Å². The van der Waals surface area contributed by atoms with E-state index in [1.165, 1.54) is 12.1 Å². The molecule has 2 nitrogen and oxygen atoms in total. The summed E-state index contributed by atoms with van der Waals surface area (Å²) in [6, 6.07) is 4.41. The van der Waals surface area contributed by atoms with E-state index in [1.807, 2.05) is 0 Å². The minimum absolute atomic E-state index is 0.106. The van der Waals surface area contributed by atoms with Crippen molar-refractivity contribution in [1.29, 1.82) is 0 Å². The van der Waals surface area contributed by atoms with E-state index in [-0.39, 0.29) is 11.9 Å². The second-order valence-electron chi connectivity index (χ2n) is 4.29. The lowest BCUT2D eigenvalue weighted by molar-refractivity contribution is 0.400. The number of ether oxygens (including phenoxy) is 1. The van der Waals surface area contributed by atoms with Gasteiger partial charge in [-0.2, -0.15) is 0 Å². The fourth-order valence-electron chi connectivity index (χ4n) is 2.05. The number of hydrogen-bond acceptors (Lipinski definition) is 2. The Morgan fingerprint density at radius 2 is 2.20 bits per heavy atom. The summed E-state index contributed by atoms with van der Waals surface area (Å²) in [6.07, 6.45) is 1.13. The molecule has 1 saturated carbocycles. The Bertz CT molecular complexity index is 367. The smallest absolute Gasteiger partial charge is 0.123 e. The molecule has 1 fully saturated rings. The molecule has 0 saturated heterocycles. The molecular weight excluding hydrogens is 193 g/mol. The fraction of sp³-hybridized carbons (Fsp3) is 0.500. The average molecular weight is 209 g/mol. The second-order valence-corrected chi connectivity index (χ2v) is 4.29. The molecule has 1 aliphatic rings. The minimum Gasteiger partial charge on any atom is -0.496 e. The van der Waals surface area contributed by atoms with Gasteiger partial charge in [0.15, 0.2) is 0 Å². The van der Waals surface area contributed by atoms with Gasteiger partial charge in [-0.3, -0.25) is 0 Å². The van der Waals surface area contributed by atoms with Crippen molar-refractivity contribution in [2.45, 2.75) is 19.4 Å². The molecule has 82 valence electrons. The first-order chi connectivity index (χ1) is 7.13. The van der Waals surface area contributed by atoms with Crippen LogP contribution in [-0.2, 0) is 0 Å². The summed E-state index contributed by atoms with van der Waals surface area (Å²) in [6.45, 7) is 2.16. The molecule has 0 aromatic heterocycles. The first-order valence-electron chi connectivity index (χ1n) is 5.22. The Morgan fingerprint density at radius 1 is 1.53 bits per heavy atom. The van der Waals surface area contributed by atoms with Gasteiger partial charge in [0.05, 0.1) is 7.11 Å². The summed E-state index contributed by atoms with van der Waals surface area (Å²) in [7, 11) is 1.58. The van der Waals surface area contributed by atoms with E-state index < -0.39 is 0 Å². The number of methoxy groups -OCH3 is 1. The van der Waals surface area contributed by atoms with Crippen molar-refractivity contribution in [2.24, 2.45) is 17.6 Å². The van der Waals surface area contributed by atoms with Crippen molar-refractivity contribution in [3.05, 3.63) is 29.6 Å². The SMILES string of the molecule is COc1ccc(F)cc1C(N)C1CC1C. The van der Waals surface area contributed by atoms with Crippen LogP contribution in [0, 0.1) is 17.7 Å². The predicted molar refractivity (Wildman–Crippen MR) is 57.2 cm³/mol. The highest BCUT2D eigenvalue weighted by atomic mass is 19.1. The zero-order chi connectivity index (χ0) is 11.0. The lowest BCUT2D eigenvalue weighted by Crippen LogP contribution is -2.14. The summed E-state index contributed by atoms with van der Waals surface area (Å²) in [5.41, 5.74) is 6.87. The number of nitrogens with two attached hydrogens (primary N) is 1. The summed E-state index contributed by atoms with van der Waals surface area (Å²) >= 11 is 0. The molecule has 2 rings (SSSR count). The molecule has 3 atom stereocenters. The Labute approximate surface area is 89.2 Å². The van der Waals surface area contributed by atoms with Crippen LogP contribution in [-0.4, -0.2) is 7.11 Å². The van der Waals surface area contributed by atoms with Crippen LogP contribution in [0.1, 0.15) is 24.9 Å². The van der Waals surface area contributed by atoms with Gasteiger partial charge in [0.25, 0.3) is 0 Å². The molecule has 1 aromatic carbocycles. The molecule has 0 radical (unpaired) electrons. The van der Waals surface area contributed by atoms with Crippen LogP contribution in [0.3, 0.4) is 0 Å². The van der Waals surface area contributed by atoms with Gasteiger partial charge < -0.3 is 10.5 Å². The molecule has 15 heavy (non-hydrogen) atoms. The minimum atomic E-state index is -0.255. The van der Waals surface area contributed by atoms with E-state index in [4.69, 9.17) is 10.5 Å². The van der Waals surface area contributed by atoms with Gasteiger partial charge in [-0.25, -0.2) is 4.39 Å². The highest BCUT2D eigenvalue weighted by molar-refractivity contribution is 5.37. The van der Waals surface area contributed by atoms with Gasteiger partial charge in [0, 0.05) is 11.6 Å². The highest BCUT2D eigenvalue weighted by Crippen LogP contribution is 2.47. The predicted octanol–water partition coefficient (Wildman–Crippen LogP) is 2.49. The maximum atomic E-state index is 13.1. The fourth-order valence-corrected chi connectivity index (χ4v) is 2.05. The van der Waals surface area contributed by atoms with Crippen molar-refractivity contribution >= 4 is 0 Å². The van der Waals surface area contributed by atoms with Crippen LogP contribution in [0.5, 0.6) is 5.75 Å². The van der Waals surface area contributed by atoms with Crippen LogP contribution in [0.15, 0.2) is 18.2 Å². The molecule has 0 amide bonds. The second kappa shape index (κ2) is 3.81. The van der Waals surface area contributed by atoms with Gasteiger partial charge in [-0.1, -0.05) is 6.92 Å². The van der Waals surface area contributed by atoms with Crippen LogP contribution < -0.4 is 10.5 Å². The zero-order valence-corrected chi connectivity index (χ0v) is 9.03. The van der Waals surface area contributed by atoms with Crippen molar-refractivity contribution in [3.63, 3.8) is 0 Å². The lowest BCUT2D eigenvalue weighted by Gasteiger charge is -2.15. The number of rotatable bonds is 3. The van der Waals surface area contributed by atoms with E-state index in [0.29, 0.717) is 17.6 Å². The normalized spacial score (nSPS) is 26.1. The zero-order valence-electron chi connectivity index (χ0n) is 9.03. The highest BCUT2D eigenvalue weighted by Gasteiger charge is 2.39.